The van der Waals surface area contributed by atoms with E-state index in [9.17, 15) is 4.79 Å². The number of benzene rings is 2. The van der Waals surface area contributed by atoms with Crippen molar-refractivity contribution in [3.63, 3.8) is 0 Å². The summed E-state index contributed by atoms with van der Waals surface area (Å²) in [5, 5.41) is 0. The topological polar surface area (TPSA) is 48.0 Å². The molecule has 1 aliphatic heterocycles. The number of nitrogens with zero attached hydrogens (tertiary/aromatic N) is 1. The second-order valence-corrected chi connectivity index (χ2v) is 11.0. The minimum absolute atomic E-state index is 0.323. The molecule has 2 unspecified atom stereocenters. The SMILES string of the molecule is COC(=O)C(C)(C(C)(C)C)C(C)(O[Si])c1ccc(OCCN2CCSc3ccccc32)cc1. The summed E-state index contributed by atoms with van der Waals surface area (Å²) >= 11 is 1.90. The van der Waals surface area contributed by atoms with Crippen LogP contribution in [0.3, 0.4) is 0 Å². The van der Waals surface area contributed by atoms with Crippen LogP contribution in [0.4, 0.5) is 5.69 Å². The van der Waals surface area contributed by atoms with Gasteiger partial charge in [-0.2, -0.15) is 0 Å². The maximum atomic E-state index is 13.0. The van der Waals surface area contributed by atoms with Crippen LogP contribution in [0, 0.1) is 10.8 Å². The molecule has 3 rings (SSSR count). The van der Waals surface area contributed by atoms with Gasteiger partial charge in [-0.25, -0.2) is 0 Å². The molecule has 2 aromatic carbocycles. The smallest absolute Gasteiger partial charge is 0.315 e. The zero-order chi connectivity index (χ0) is 24.3. The summed E-state index contributed by atoms with van der Waals surface area (Å²) in [6, 6.07) is 16.3. The van der Waals surface area contributed by atoms with Crippen molar-refractivity contribution in [2.24, 2.45) is 10.8 Å². The number of carbonyl (C=O) groups excluding carboxylic acids is 1. The van der Waals surface area contributed by atoms with Crippen LogP contribution in [0.25, 0.3) is 0 Å². The van der Waals surface area contributed by atoms with Crippen molar-refractivity contribution >= 4 is 33.9 Å². The highest BCUT2D eigenvalue weighted by molar-refractivity contribution is 7.99. The molecule has 5 nitrogen and oxygen atoms in total. The van der Waals surface area contributed by atoms with E-state index in [0.29, 0.717) is 6.61 Å². The third-order valence-corrected chi connectivity index (χ3v) is 8.56. The summed E-state index contributed by atoms with van der Waals surface area (Å²) in [4.78, 5) is 16.7. The lowest BCUT2D eigenvalue weighted by atomic mass is 9.57. The first kappa shape index (κ1) is 25.7. The number of para-hydroxylation sites is 1. The zero-order valence-corrected chi connectivity index (χ0v) is 22.3. The second-order valence-electron chi connectivity index (χ2n) is 9.68. The van der Waals surface area contributed by atoms with Crippen LogP contribution in [0.2, 0.25) is 0 Å². The number of carbonyl (C=O) groups is 1. The van der Waals surface area contributed by atoms with E-state index in [1.54, 1.807) is 0 Å². The van der Waals surface area contributed by atoms with Gasteiger partial charge >= 0.3 is 5.97 Å². The molecule has 177 valence electrons. The van der Waals surface area contributed by atoms with Gasteiger partial charge in [-0.15, -0.1) is 11.8 Å². The molecule has 7 heteroatoms. The normalized spacial score (nSPS) is 17.5. The van der Waals surface area contributed by atoms with Crippen LogP contribution >= 0.6 is 11.8 Å². The molecule has 2 atom stereocenters. The van der Waals surface area contributed by atoms with E-state index >= 15 is 0 Å². The minimum atomic E-state index is -0.969. The molecule has 2 aromatic rings. The van der Waals surface area contributed by atoms with Crippen molar-refractivity contribution < 1.29 is 18.7 Å². The van der Waals surface area contributed by atoms with E-state index in [1.165, 1.54) is 17.7 Å². The largest absolute Gasteiger partial charge is 0.492 e. The zero-order valence-electron chi connectivity index (χ0n) is 20.4. The monoisotopic (exact) mass is 484 g/mol. The molecule has 0 bridgehead atoms. The molecule has 0 saturated heterocycles. The Bertz CT molecular complexity index is 962. The molecular formula is C26H34NO4SSi. The van der Waals surface area contributed by atoms with E-state index in [2.05, 4.69) is 39.7 Å². The van der Waals surface area contributed by atoms with Gasteiger partial charge in [0.1, 0.15) is 17.8 Å². The van der Waals surface area contributed by atoms with Gasteiger partial charge in [0.05, 0.1) is 24.9 Å². The average Bonchev–Trinajstić information content (AvgIpc) is 2.82. The summed E-state index contributed by atoms with van der Waals surface area (Å²) in [7, 11) is 4.68. The van der Waals surface area contributed by atoms with Gasteiger partial charge in [-0.05, 0) is 49.1 Å². The Morgan fingerprint density at radius 3 is 2.33 bits per heavy atom. The molecule has 0 saturated carbocycles. The quantitative estimate of drug-likeness (QED) is 0.378. The van der Waals surface area contributed by atoms with Crippen molar-refractivity contribution in [2.45, 2.75) is 45.1 Å². The summed E-state index contributed by atoms with van der Waals surface area (Å²) in [5.41, 5.74) is -0.224. The molecule has 0 spiro atoms. The van der Waals surface area contributed by atoms with Crippen LogP contribution in [-0.2, 0) is 19.6 Å². The number of hydrogen-bond acceptors (Lipinski definition) is 6. The minimum Gasteiger partial charge on any atom is -0.492 e. The molecule has 0 amide bonds. The number of thioether (sulfide) groups is 1. The van der Waals surface area contributed by atoms with Crippen molar-refractivity contribution in [1.29, 1.82) is 0 Å². The van der Waals surface area contributed by atoms with Gasteiger partial charge < -0.3 is 18.8 Å². The Kier molecular flexibility index (Phi) is 7.86. The van der Waals surface area contributed by atoms with Crippen LogP contribution in [0.5, 0.6) is 5.75 Å². The summed E-state index contributed by atoms with van der Waals surface area (Å²) < 4.78 is 17.1. The first-order chi connectivity index (χ1) is 15.6. The van der Waals surface area contributed by atoms with E-state index in [4.69, 9.17) is 13.9 Å². The lowest BCUT2D eigenvalue weighted by Gasteiger charge is -2.51. The second kappa shape index (κ2) is 10.1. The highest BCUT2D eigenvalue weighted by Crippen LogP contribution is 2.54. The molecule has 0 aromatic heterocycles. The molecule has 0 fully saturated rings. The molecule has 0 N–H and O–H groups in total. The maximum Gasteiger partial charge on any atom is 0.315 e. The number of ether oxygens (including phenoxy) is 2. The third kappa shape index (κ3) is 4.81. The van der Waals surface area contributed by atoms with Crippen molar-refractivity contribution in [3.05, 3.63) is 54.1 Å². The lowest BCUT2D eigenvalue weighted by Crippen LogP contribution is -2.56. The number of hydrogen-bond donors (Lipinski definition) is 0. The average molecular weight is 485 g/mol. The van der Waals surface area contributed by atoms with Gasteiger partial charge in [0, 0.05) is 17.2 Å². The van der Waals surface area contributed by atoms with Crippen molar-refractivity contribution in [1.82, 2.24) is 0 Å². The number of fused-ring (bicyclic) bond motifs is 1. The van der Waals surface area contributed by atoms with Gasteiger partial charge in [0.2, 0.25) is 10.5 Å². The first-order valence-electron chi connectivity index (χ1n) is 11.2. The standard InChI is InChI=1S/C26H34NO4SSi/c1-24(2,3)25(4,23(28)29-6)26(5,31-33)19-11-13-20(14-12-19)30-17-15-27-16-18-32-22-10-8-7-9-21(22)27/h7-14H,15-18H2,1-6H3. The van der Waals surface area contributed by atoms with Gasteiger partial charge in [0.25, 0.3) is 0 Å². The summed E-state index contributed by atoms with van der Waals surface area (Å²) in [5.74, 6) is 1.55. The van der Waals surface area contributed by atoms with Crippen LogP contribution in [-0.4, -0.2) is 49.0 Å². The molecule has 33 heavy (non-hydrogen) atoms. The predicted octanol–water partition coefficient (Wildman–Crippen LogP) is 5.22. The highest BCUT2D eigenvalue weighted by atomic mass is 32.2. The molecular weight excluding hydrogens is 450 g/mol. The molecule has 3 radical (unpaired) electrons. The number of methoxy groups -OCH3 is 1. The first-order valence-corrected chi connectivity index (χ1v) is 12.6. The fourth-order valence-corrected chi connectivity index (χ4v) is 5.85. The fourth-order valence-electron chi connectivity index (χ4n) is 4.47. The molecule has 1 aliphatic rings. The third-order valence-electron chi connectivity index (χ3n) is 7.11. The number of rotatable bonds is 8. The van der Waals surface area contributed by atoms with E-state index < -0.39 is 16.4 Å². The van der Waals surface area contributed by atoms with E-state index in [0.717, 1.165) is 30.2 Å². The van der Waals surface area contributed by atoms with Crippen LogP contribution < -0.4 is 9.64 Å². The Morgan fingerprint density at radius 2 is 1.73 bits per heavy atom. The Hall–Kier alpha value is -1.96. The number of esters is 1. The Labute approximate surface area is 205 Å². The summed E-state index contributed by atoms with van der Waals surface area (Å²) in [6.07, 6.45) is 0. The van der Waals surface area contributed by atoms with Gasteiger partial charge in [-0.1, -0.05) is 45.0 Å². The highest BCUT2D eigenvalue weighted by Gasteiger charge is 2.59. The van der Waals surface area contributed by atoms with Crippen LogP contribution in [0.1, 0.15) is 40.2 Å². The Balaban J connectivity index is 1.73. The van der Waals surface area contributed by atoms with Crippen LogP contribution in [0.15, 0.2) is 53.4 Å². The molecule has 1 heterocycles. The summed E-state index contributed by atoms with van der Waals surface area (Å²) in [6.45, 7) is 12.3. The van der Waals surface area contributed by atoms with Crippen molar-refractivity contribution in [3.8, 4) is 5.75 Å². The molecule has 0 aliphatic carbocycles. The van der Waals surface area contributed by atoms with Crippen molar-refractivity contribution in [2.75, 3.05) is 37.5 Å². The van der Waals surface area contributed by atoms with Gasteiger partial charge in [0.15, 0.2) is 0 Å². The fraction of sp³-hybridized carbons (Fsp3) is 0.500. The van der Waals surface area contributed by atoms with E-state index in [1.807, 2.05) is 70.6 Å². The predicted molar refractivity (Wildman–Crippen MR) is 135 cm³/mol. The lowest BCUT2D eigenvalue weighted by molar-refractivity contribution is -0.182. The Morgan fingerprint density at radius 1 is 1.06 bits per heavy atom. The van der Waals surface area contributed by atoms with Gasteiger partial charge in [-0.3, -0.25) is 4.79 Å². The maximum absolute atomic E-state index is 13.0. The van der Waals surface area contributed by atoms with E-state index in [-0.39, 0.29) is 5.97 Å². The number of anilines is 1.